The summed E-state index contributed by atoms with van der Waals surface area (Å²) in [7, 11) is 1.58. The first-order valence-electron chi connectivity index (χ1n) is 10.1. The summed E-state index contributed by atoms with van der Waals surface area (Å²) in [5.41, 5.74) is 0.664. The van der Waals surface area contributed by atoms with Crippen molar-refractivity contribution in [1.82, 2.24) is 9.80 Å². The molecule has 8 nitrogen and oxygen atoms in total. The van der Waals surface area contributed by atoms with Gasteiger partial charge >= 0.3 is 5.97 Å². The average molecular weight is 405 g/mol. The molecule has 0 radical (unpaired) electrons. The lowest BCUT2D eigenvalue weighted by Crippen LogP contribution is -2.52. The number of benzene rings is 1. The third-order valence-electron chi connectivity index (χ3n) is 4.93. The van der Waals surface area contributed by atoms with Gasteiger partial charge in [-0.25, -0.2) is 4.79 Å². The maximum Gasteiger partial charge on any atom is 0.328 e. The van der Waals surface area contributed by atoms with Gasteiger partial charge in [0.2, 0.25) is 11.8 Å². The van der Waals surface area contributed by atoms with Crippen LogP contribution >= 0.6 is 0 Å². The predicted octanol–water partition coefficient (Wildman–Crippen LogP) is 1.90. The zero-order chi connectivity index (χ0) is 21.2. The number of hydrogen-bond acceptors (Lipinski definition) is 6. The van der Waals surface area contributed by atoms with Crippen LogP contribution in [0.3, 0.4) is 0 Å². The molecule has 1 saturated heterocycles. The monoisotopic (exact) mass is 405 g/mol. The molecule has 29 heavy (non-hydrogen) atoms. The molecule has 1 aliphatic rings. The number of anilines is 1. The lowest BCUT2D eigenvalue weighted by molar-refractivity contribution is -0.157. The van der Waals surface area contributed by atoms with E-state index in [0.717, 1.165) is 12.8 Å². The third kappa shape index (κ3) is 6.74. The standard InChI is InChI=1S/C21H31N3O5/c1-4-23(14-19(25)22-16-9-11-17(28-3)12-10-16)15-20(26)24-13-7-6-8-18(24)21(27)29-5-2/h9-12,18H,4-8,13-15H2,1-3H3,(H,22,25)/t18-/m1/s1. The van der Waals surface area contributed by atoms with Gasteiger partial charge in [-0.2, -0.15) is 0 Å². The maximum absolute atomic E-state index is 12.8. The lowest BCUT2D eigenvalue weighted by Gasteiger charge is -2.35. The van der Waals surface area contributed by atoms with Crippen molar-refractivity contribution in [2.24, 2.45) is 0 Å². The van der Waals surface area contributed by atoms with Gasteiger partial charge in [0.05, 0.1) is 26.8 Å². The van der Waals surface area contributed by atoms with Gasteiger partial charge < -0.3 is 19.7 Å². The molecule has 8 heteroatoms. The number of nitrogens with zero attached hydrogens (tertiary/aromatic N) is 2. The number of piperidine rings is 1. The number of nitrogens with one attached hydrogen (secondary N) is 1. The summed E-state index contributed by atoms with van der Waals surface area (Å²) < 4.78 is 10.2. The van der Waals surface area contributed by atoms with Crippen LogP contribution in [-0.2, 0) is 19.1 Å². The van der Waals surface area contributed by atoms with Gasteiger partial charge in [-0.05, 0) is 57.0 Å². The van der Waals surface area contributed by atoms with Gasteiger partial charge in [0.1, 0.15) is 11.8 Å². The number of hydrogen-bond donors (Lipinski definition) is 1. The Morgan fingerprint density at radius 2 is 1.86 bits per heavy atom. The minimum Gasteiger partial charge on any atom is -0.497 e. The molecule has 0 bridgehead atoms. The second-order valence-electron chi connectivity index (χ2n) is 6.93. The van der Waals surface area contributed by atoms with Gasteiger partial charge in [-0.1, -0.05) is 6.92 Å². The number of likely N-dealkylation sites (tertiary alicyclic amines) is 1. The Hall–Kier alpha value is -2.61. The Labute approximate surface area is 172 Å². The second kappa shape index (κ2) is 11.4. The Morgan fingerprint density at radius 1 is 1.14 bits per heavy atom. The molecule has 1 atom stereocenters. The van der Waals surface area contributed by atoms with Crippen LogP contribution < -0.4 is 10.1 Å². The number of amides is 2. The van der Waals surface area contributed by atoms with Crippen molar-refractivity contribution in [3.05, 3.63) is 24.3 Å². The van der Waals surface area contributed by atoms with Crippen LogP contribution in [0.4, 0.5) is 5.69 Å². The van der Waals surface area contributed by atoms with E-state index in [2.05, 4.69) is 5.32 Å². The molecule has 1 aromatic carbocycles. The van der Waals surface area contributed by atoms with E-state index in [1.807, 2.05) is 6.92 Å². The van der Waals surface area contributed by atoms with E-state index in [9.17, 15) is 14.4 Å². The van der Waals surface area contributed by atoms with E-state index < -0.39 is 6.04 Å². The molecule has 0 unspecified atom stereocenters. The molecule has 2 amide bonds. The van der Waals surface area contributed by atoms with Crippen molar-refractivity contribution in [3.63, 3.8) is 0 Å². The number of esters is 1. The van der Waals surface area contributed by atoms with Crippen molar-refractivity contribution in [2.75, 3.05) is 45.2 Å². The number of likely N-dealkylation sites (N-methyl/N-ethyl adjacent to an activating group) is 1. The van der Waals surface area contributed by atoms with Crippen LogP contribution in [0.15, 0.2) is 24.3 Å². The van der Waals surface area contributed by atoms with Crippen molar-refractivity contribution < 1.29 is 23.9 Å². The van der Waals surface area contributed by atoms with Crippen molar-refractivity contribution in [2.45, 2.75) is 39.2 Å². The van der Waals surface area contributed by atoms with E-state index in [1.54, 1.807) is 48.1 Å². The zero-order valence-electron chi connectivity index (χ0n) is 17.5. The van der Waals surface area contributed by atoms with Gasteiger partial charge in [0, 0.05) is 12.2 Å². The molecule has 2 rings (SSSR count). The molecular formula is C21H31N3O5. The highest BCUT2D eigenvalue weighted by molar-refractivity contribution is 5.93. The van der Waals surface area contributed by atoms with Crippen LogP contribution in [0.5, 0.6) is 5.75 Å². The lowest BCUT2D eigenvalue weighted by atomic mass is 10.0. The number of carbonyl (C=O) groups is 3. The largest absolute Gasteiger partial charge is 0.497 e. The Kier molecular flexibility index (Phi) is 8.92. The second-order valence-corrected chi connectivity index (χ2v) is 6.93. The summed E-state index contributed by atoms with van der Waals surface area (Å²) in [6.07, 6.45) is 2.38. The van der Waals surface area contributed by atoms with Crippen LogP contribution in [0.1, 0.15) is 33.1 Å². The van der Waals surface area contributed by atoms with E-state index in [0.29, 0.717) is 37.6 Å². The molecule has 1 heterocycles. The van der Waals surface area contributed by atoms with E-state index >= 15 is 0 Å². The van der Waals surface area contributed by atoms with Crippen molar-refractivity contribution >= 4 is 23.5 Å². The van der Waals surface area contributed by atoms with E-state index in [4.69, 9.17) is 9.47 Å². The summed E-state index contributed by atoms with van der Waals surface area (Å²) in [6, 6.07) is 6.53. The average Bonchev–Trinajstić information content (AvgIpc) is 2.73. The maximum atomic E-state index is 12.8. The minimum atomic E-state index is -0.525. The normalized spacial score (nSPS) is 16.4. The summed E-state index contributed by atoms with van der Waals surface area (Å²) >= 11 is 0. The summed E-state index contributed by atoms with van der Waals surface area (Å²) in [5, 5.41) is 2.82. The molecular weight excluding hydrogens is 374 g/mol. The molecule has 1 fully saturated rings. The summed E-state index contributed by atoms with van der Waals surface area (Å²) in [6.45, 7) is 5.20. The predicted molar refractivity (Wildman–Crippen MR) is 110 cm³/mol. The number of rotatable bonds is 9. The smallest absolute Gasteiger partial charge is 0.328 e. The first kappa shape index (κ1) is 22.7. The molecule has 0 aromatic heterocycles. The molecule has 0 aliphatic carbocycles. The van der Waals surface area contributed by atoms with Crippen molar-refractivity contribution in [3.8, 4) is 5.75 Å². The topological polar surface area (TPSA) is 88.2 Å². The number of methoxy groups -OCH3 is 1. The summed E-state index contributed by atoms with van der Waals surface area (Å²) in [4.78, 5) is 40.8. The van der Waals surface area contributed by atoms with Crippen LogP contribution in [0, 0.1) is 0 Å². The Balaban J connectivity index is 1.92. The quantitative estimate of drug-likeness (QED) is 0.632. The van der Waals surface area contributed by atoms with Gasteiger partial charge in [-0.3, -0.25) is 14.5 Å². The van der Waals surface area contributed by atoms with Gasteiger partial charge in [-0.15, -0.1) is 0 Å². The van der Waals surface area contributed by atoms with E-state index in [1.165, 1.54) is 0 Å². The van der Waals surface area contributed by atoms with E-state index in [-0.39, 0.29) is 30.9 Å². The van der Waals surface area contributed by atoms with Crippen molar-refractivity contribution in [1.29, 1.82) is 0 Å². The first-order valence-corrected chi connectivity index (χ1v) is 10.1. The fourth-order valence-corrected chi connectivity index (χ4v) is 3.35. The van der Waals surface area contributed by atoms with Crippen LogP contribution in [-0.4, -0.2) is 73.5 Å². The Bertz CT molecular complexity index is 692. The minimum absolute atomic E-state index is 0.0858. The highest BCUT2D eigenvalue weighted by Gasteiger charge is 2.33. The number of ether oxygens (including phenoxy) is 2. The summed E-state index contributed by atoms with van der Waals surface area (Å²) in [5.74, 6) is 0.00886. The third-order valence-corrected chi connectivity index (χ3v) is 4.93. The zero-order valence-corrected chi connectivity index (χ0v) is 17.5. The molecule has 1 aromatic rings. The molecule has 1 N–H and O–H groups in total. The highest BCUT2D eigenvalue weighted by atomic mass is 16.5. The first-order chi connectivity index (χ1) is 14.0. The SMILES string of the molecule is CCOC(=O)[C@H]1CCCCN1C(=O)CN(CC)CC(=O)Nc1ccc(OC)cc1. The number of carbonyl (C=O) groups excluding carboxylic acids is 3. The fraction of sp³-hybridized carbons (Fsp3) is 0.571. The van der Waals surface area contributed by atoms with Gasteiger partial charge in [0.15, 0.2) is 0 Å². The fourth-order valence-electron chi connectivity index (χ4n) is 3.35. The Morgan fingerprint density at radius 3 is 2.48 bits per heavy atom. The molecule has 160 valence electrons. The molecule has 0 saturated carbocycles. The van der Waals surface area contributed by atoms with Gasteiger partial charge in [0.25, 0.3) is 0 Å². The molecule has 1 aliphatic heterocycles. The molecule has 0 spiro atoms. The highest BCUT2D eigenvalue weighted by Crippen LogP contribution is 2.19. The van der Waals surface area contributed by atoms with Crippen LogP contribution in [0.2, 0.25) is 0 Å². The van der Waals surface area contributed by atoms with Crippen LogP contribution in [0.25, 0.3) is 0 Å².